The molecule has 0 aromatic heterocycles. The first-order valence-corrected chi connectivity index (χ1v) is 8.54. The predicted octanol–water partition coefficient (Wildman–Crippen LogP) is 6.32. The molecule has 0 aliphatic rings. The third kappa shape index (κ3) is 4.19. The van der Waals surface area contributed by atoms with E-state index in [0.29, 0.717) is 16.5 Å². The molecule has 4 heteroatoms. The minimum atomic E-state index is 0.512. The Balaban J connectivity index is 2.54. The molecule has 0 atom stereocenters. The van der Waals surface area contributed by atoms with Gasteiger partial charge in [-0.15, -0.1) is 0 Å². The fraction of sp³-hybridized carbons (Fsp3) is 0.0909. The molecule has 3 nitrogen and oxygen atoms in total. The molecule has 2 aromatic carbocycles. The van der Waals surface area contributed by atoms with Gasteiger partial charge >= 0.3 is 0 Å². The molecular formula is C22H23ClN2O. The molecule has 0 heterocycles. The van der Waals surface area contributed by atoms with E-state index in [1.807, 2.05) is 44.4 Å². The maximum Gasteiger partial charge on any atom is 0.146 e. The lowest BCUT2D eigenvalue weighted by atomic mass is 10.0. The first kappa shape index (κ1) is 19.4. The molecule has 0 bridgehead atoms. The second-order valence-electron chi connectivity index (χ2n) is 5.45. The van der Waals surface area contributed by atoms with Crippen molar-refractivity contribution in [2.45, 2.75) is 0 Å². The number of hydrogen-bond donors (Lipinski definition) is 2. The highest BCUT2D eigenvalue weighted by molar-refractivity contribution is 6.32. The Hall–Kier alpha value is -2.91. The van der Waals surface area contributed by atoms with Crippen molar-refractivity contribution in [1.82, 2.24) is 0 Å². The summed E-state index contributed by atoms with van der Waals surface area (Å²) in [5.41, 5.74) is 4.66. The number of ether oxygens (including phenoxy) is 1. The van der Waals surface area contributed by atoms with E-state index in [-0.39, 0.29) is 0 Å². The molecule has 2 rings (SSSR count). The van der Waals surface area contributed by atoms with E-state index in [4.69, 9.17) is 16.3 Å². The average molecular weight is 367 g/mol. The van der Waals surface area contributed by atoms with Gasteiger partial charge in [0.15, 0.2) is 0 Å². The first-order valence-electron chi connectivity index (χ1n) is 8.16. The Morgan fingerprint density at radius 2 is 1.69 bits per heavy atom. The van der Waals surface area contributed by atoms with Crippen molar-refractivity contribution in [3.63, 3.8) is 0 Å². The lowest BCUT2D eigenvalue weighted by Gasteiger charge is -2.17. The summed E-state index contributed by atoms with van der Waals surface area (Å²) < 4.78 is 6.11. The molecular weight excluding hydrogens is 344 g/mol. The van der Waals surface area contributed by atoms with Crippen LogP contribution in [-0.2, 0) is 0 Å². The van der Waals surface area contributed by atoms with Gasteiger partial charge in [0.05, 0.1) is 16.4 Å². The Kier molecular flexibility index (Phi) is 6.70. The smallest absolute Gasteiger partial charge is 0.146 e. The number of hydrogen-bond acceptors (Lipinski definition) is 3. The molecule has 0 fully saturated rings. The standard InChI is InChI=1S/C22H23ClN2O/c1-6-9-21(26-22-11-10-15(7-2)12-18(22)23)17-14-20(25-5)19(24-4)13-16(17)8-3/h6-14,24-25H,1-3H2,4-5H3/b21-9+. The number of benzene rings is 2. The van der Waals surface area contributed by atoms with Crippen LogP contribution in [0.1, 0.15) is 16.7 Å². The molecule has 0 amide bonds. The van der Waals surface area contributed by atoms with Crippen LogP contribution in [0, 0.1) is 0 Å². The van der Waals surface area contributed by atoms with Crippen molar-refractivity contribution < 1.29 is 4.74 Å². The van der Waals surface area contributed by atoms with Crippen LogP contribution in [-0.4, -0.2) is 14.1 Å². The zero-order valence-electron chi connectivity index (χ0n) is 15.1. The van der Waals surface area contributed by atoms with Crippen molar-refractivity contribution in [3.8, 4) is 5.75 Å². The van der Waals surface area contributed by atoms with Gasteiger partial charge in [0.1, 0.15) is 11.5 Å². The number of allylic oxidation sites excluding steroid dienone is 2. The highest BCUT2D eigenvalue weighted by Crippen LogP contribution is 2.34. The number of halogens is 1. The molecule has 0 saturated carbocycles. The average Bonchev–Trinajstić information content (AvgIpc) is 2.67. The lowest BCUT2D eigenvalue weighted by Crippen LogP contribution is -2.03. The summed E-state index contributed by atoms with van der Waals surface area (Å²) in [6.07, 6.45) is 7.01. The summed E-state index contributed by atoms with van der Waals surface area (Å²) in [4.78, 5) is 0. The third-order valence-electron chi connectivity index (χ3n) is 3.89. The second-order valence-corrected chi connectivity index (χ2v) is 5.86. The van der Waals surface area contributed by atoms with Gasteiger partial charge in [-0.2, -0.15) is 0 Å². The van der Waals surface area contributed by atoms with E-state index >= 15 is 0 Å². The zero-order chi connectivity index (χ0) is 19.1. The van der Waals surface area contributed by atoms with Gasteiger partial charge in [-0.05, 0) is 41.5 Å². The maximum absolute atomic E-state index is 6.35. The monoisotopic (exact) mass is 366 g/mol. The fourth-order valence-electron chi connectivity index (χ4n) is 2.54. The van der Waals surface area contributed by atoms with Gasteiger partial charge in [0, 0.05) is 19.7 Å². The zero-order valence-corrected chi connectivity index (χ0v) is 15.9. The van der Waals surface area contributed by atoms with Crippen LogP contribution >= 0.6 is 11.6 Å². The number of anilines is 2. The molecule has 0 spiro atoms. The molecule has 0 aliphatic carbocycles. The quantitative estimate of drug-likeness (QED) is 0.424. The van der Waals surface area contributed by atoms with Crippen LogP contribution < -0.4 is 15.4 Å². The van der Waals surface area contributed by atoms with Gasteiger partial charge in [-0.3, -0.25) is 0 Å². The first-order chi connectivity index (χ1) is 12.6. The molecule has 26 heavy (non-hydrogen) atoms. The van der Waals surface area contributed by atoms with Gasteiger partial charge in [0.25, 0.3) is 0 Å². The van der Waals surface area contributed by atoms with Crippen molar-refractivity contribution >= 4 is 40.9 Å². The molecule has 0 saturated heterocycles. The van der Waals surface area contributed by atoms with Crippen LogP contribution in [0.25, 0.3) is 17.9 Å². The minimum Gasteiger partial charge on any atom is -0.455 e. The normalized spacial score (nSPS) is 10.8. The van der Waals surface area contributed by atoms with Gasteiger partial charge in [-0.25, -0.2) is 0 Å². The SMILES string of the molecule is C=C/C=C(/Oc1ccc(C=C)cc1Cl)c1cc(NC)c(NC)cc1C=C. The highest BCUT2D eigenvalue weighted by atomic mass is 35.5. The van der Waals surface area contributed by atoms with Crippen molar-refractivity contribution in [2.24, 2.45) is 0 Å². The largest absolute Gasteiger partial charge is 0.455 e. The van der Waals surface area contributed by atoms with Gasteiger partial charge in [0.2, 0.25) is 0 Å². The van der Waals surface area contributed by atoms with E-state index in [2.05, 4.69) is 30.4 Å². The molecule has 0 unspecified atom stereocenters. The van der Waals surface area contributed by atoms with Gasteiger partial charge in [-0.1, -0.05) is 55.6 Å². The summed E-state index contributed by atoms with van der Waals surface area (Å²) in [5, 5.41) is 6.86. The topological polar surface area (TPSA) is 33.3 Å². The van der Waals surface area contributed by atoms with Crippen molar-refractivity contribution in [2.75, 3.05) is 24.7 Å². The Bertz CT molecular complexity index is 869. The Labute approximate surface area is 160 Å². The molecule has 0 aliphatic heterocycles. The summed E-state index contributed by atoms with van der Waals surface area (Å²) >= 11 is 6.35. The molecule has 134 valence electrons. The van der Waals surface area contributed by atoms with Gasteiger partial charge < -0.3 is 15.4 Å². The predicted molar refractivity (Wildman–Crippen MR) is 116 cm³/mol. The summed E-state index contributed by atoms with van der Waals surface area (Å²) in [6.45, 7) is 11.5. The van der Waals surface area contributed by atoms with Crippen LogP contribution in [0.4, 0.5) is 11.4 Å². The molecule has 2 N–H and O–H groups in total. The molecule has 0 radical (unpaired) electrons. The van der Waals surface area contributed by atoms with Crippen molar-refractivity contribution in [3.05, 3.63) is 83.9 Å². The third-order valence-corrected chi connectivity index (χ3v) is 4.19. The van der Waals surface area contributed by atoms with E-state index in [1.165, 1.54) is 0 Å². The number of rotatable bonds is 8. The summed E-state index contributed by atoms with van der Waals surface area (Å²) in [6, 6.07) is 9.55. The Morgan fingerprint density at radius 3 is 2.23 bits per heavy atom. The minimum absolute atomic E-state index is 0.512. The summed E-state index contributed by atoms with van der Waals surface area (Å²) in [7, 11) is 3.75. The fourth-order valence-corrected chi connectivity index (χ4v) is 2.77. The lowest BCUT2D eigenvalue weighted by molar-refractivity contribution is 0.515. The number of nitrogens with one attached hydrogen (secondary N) is 2. The second kappa shape index (κ2) is 8.97. The van der Waals surface area contributed by atoms with E-state index < -0.39 is 0 Å². The maximum atomic E-state index is 6.35. The van der Waals surface area contributed by atoms with Crippen LogP contribution in [0.3, 0.4) is 0 Å². The van der Waals surface area contributed by atoms with Crippen LogP contribution in [0.15, 0.2) is 62.2 Å². The van der Waals surface area contributed by atoms with E-state index in [9.17, 15) is 0 Å². The van der Waals surface area contributed by atoms with Crippen LogP contribution in [0.2, 0.25) is 5.02 Å². The van der Waals surface area contributed by atoms with Crippen LogP contribution in [0.5, 0.6) is 5.75 Å². The Morgan fingerprint density at radius 1 is 1.00 bits per heavy atom. The van der Waals surface area contributed by atoms with Crippen molar-refractivity contribution in [1.29, 1.82) is 0 Å². The van der Waals surface area contributed by atoms with E-state index in [0.717, 1.165) is 28.1 Å². The summed E-state index contributed by atoms with van der Waals surface area (Å²) in [5.74, 6) is 1.19. The molecule has 2 aromatic rings. The highest BCUT2D eigenvalue weighted by Gasteiger charge is 2.14. The van der Waals surface area contributed by atoms with E-state index in [1.54, 1.807) is 24.3 Å².